The van der Waals surface area contributed by atoms with Crippen LogP contribution in [0.3, 0.4) is 0 Å². The van der Waals surface area contributed by atoms with E-state index >= 15 is 0 Å². The summed E-state index contributed by atoms with van der Waals surface area (Å²) in [7, 11) is -3.44. The second kappa shape index (κ2) is 9.89. The van der Waals surface area contributed by atoms with Gasteiger partial charge < -0.3 is 19.7 Å². The zero-order chi connectivity index (χ0) is 20.8. The third-order valence-corrected chi connectivity index (χ3v) is 7.43. The normalized spacial score (nSPS) is 18.5. The summed E-state index contributed by atoms with van der Waals surface area (Å²) in [6.07, 6.45) is 0. The van der Waals surface area contributed by atoms with Gasteiger partial charge in [0.25, 0.3) is 0 Å². The van der Waals surface area contributed by atoms with Crippen LogP contribution in [0.2, 0.25) is 0 Å². The predicted molar refractivity (Wildman–Crippen MR) is 116 cm³/mol. The number of hydrogen-bond donors (Lipinski definition) is 1. The van der Waals surface area contributed by atoms with Crippen molar-refractivity contribution in [1.29, 1.82) is 0 Å². The van der Waals surface area contributed by atoms with E-state index in [-0.39, 0.29) is 0 Å². The first-order valence-corrected chi connectivity index (χ1v) is 11.9. The van der Waals surface area contributed by atoms with Crippen molar-refractivity contribution >= 4 is 15.7 Å². The molecule has 0 radical (unpaired) electrons. The average molecular weight is 432 g/mol. The zero-order valence-electron chi connectivity index (χ0n) is 17.1. The number of ether oxygens (including phenoxy) is 2. The maximum absolute atomic E-state index is 12.7. The predicted octanol–water partition coefficient (Wildman–Crippen LogP) is 1.83. The summed E-state index contributed by atoms with van der Waals surface area (Å²) in [5.74, 6) is 0. The Morgan fingerprint density at radius 2 is 1.43 bits per heavy atom. The zero-order valence-corrected chi connectivity index (χ0v) is 17.9. The molecule has 2 aromatic rings. The van der Waals surface area contributed by atoms with E-state index in [0.29, 0.717) is 37.7 Å². The minimum Gasteiger partial charge on any atom is -0.379 e. The van der Waals surface area contributed by atoms with E-state index in [9.17, 15) is 8.42 Å². The minimum absolute atomic E-state index is 0.339. The highest BCUT2D eigenvalue weighted by Crippen LogP contribution is 2.22. The molecule has 0 aromatic heterocycles. The second-order valence-corrected chi connectivity index (χ2v) is 9.43. The molecule has 0 saturated carbocycles. The van der Waals surface area contributed by atoms with Gasteiger partial charge in [-0.2, -0.15) is 4.31 Å². The number of nitrogens with one attached hydrogen (secondary N) is 1. The van der Waals surface area contributed by atoms with E-state index in [4.69, 9.17) is 9.47 Å². The lowest BCUT2D eigenvalue weighted by atomic mass is 10.1. The number of nitrogens with zero attached hydrogens (tertiary/aromatic N) is 2. The van der Waals surface area contributed by atoms with Crippen molar-refractivity contribution in [2.24, 2.45) is 0 Å². The molecule has 2 aliphatic rings. The molecule has 0 atom stereocenters. The van der Waals surface area contributed by atoms with E-state index in [2.05, 4.69) is 34.5 Å². The number of rotatable bonds is 7. The molecule has 2 fully saturated rings. The summed E-state index contributed by atoms with van der Waals surface area (Å²) in [4.78, 5) is 2.71. The smallest absolute Gasteiger partial charge is 0.243 e. The highest BCUT2D eigenvalue weighted by Gasteiger charge is 2.26. The molecule has 2 aromatic carbocycles. The fourth-order valence-electron chi connectivity index (χ4n) is 3.83. The van der Waals surface area contributed by atoms with Crippen LogP contribution >= 0.6 is 0 Å². The third-order valence-electron chi connectivity index (χ3n) is 5.52. The molecular weight excluding hydrogens is 402 g/mol. The van der Waals surface area contributed by atoms with Crippen LogP contribution in [-0.4, -0.2) is 65.3 Å². The van der Waals surface area contributed by atoms with Crippen LogP contribution in [0.5, 0.6) is 0 Å². The van der Waals surface area contributed by atoms with E-state index < -0.39 is 10.0 Å². The first kappa shape index (κ1) is 21.3. The number of morpholine rings is 2. The van der Waals surface area contributed by atoms with Crippen molar-refractivity contribution in [1.82, 2.24) is 9.62 Å². The largest absolute Gasteiger partial charge is 0.379 e. The summed E-state index contributed by atoms with van der Waals surface area (Å²) in [5, 5.41) is 3.48. The Labute approximate surface area is 178 Å². The quantitative estimate of drug-likeness (QED) is 0.721. The molecule has 8 heteroatoms. The average Bonchev–Trinajstić information content (AvgIpc) is 2.81. The number of para-hydroxylation sites is 1. The first-order valence-electron chi connectivity index (χ1n) is 10.4. The Morgan fingerprint density at radius 3 is 2.13 bits per heavy atom. The molecule has 30 heavy (non-hydrogen) atoms. The summed E-state index contributed by atoms with van der Waals surface area (Å²) in [6, 6.07) is 15.6. The summed E-state index contributed by atoms with van der Waals surface area (Å²) < 4.78 is 37.7. The SMILES string of the molecule is O=S(=O)(c1ccc(CNCc2ccccc2N2CCOCC2)cc1)N1CCOCC1. The Hall–Kier alpha value is -1.97. The molecule has 2 heterocycles. The van der Waals surface area contributed by atoms with Crippen molar-refractivity contribution < 1.29 is 17.9 Å². The maximum atomic E-state index is 12.7. The van der Waals surface area contributed by atoms with Gasteiger partial charge in [0.05, 0.1) is 31.3 Å². The van der Waals surface area contributed by atoms with E-state index in [1.165, 1.54) is 15.6 Å². The van der Waals surface area contributed by atoms with Gasteiger partial charge in [0.1, 0.15) is 0 Å². The minimum atomic E-state index is -3.44. The summed E-state index contributed by atoms with van der Waals surface area (Å²) in [5.41, 5.74) is 3.56. The number of sulfonamides is 1. The topological polar surface area (TPSA) is 71.1 Å². The fourth-order valence-corrected chi connectivity index (χ4v) is 5.24. The van der Waals surface area contributed by atoms with Gasteiger partial charge in [-0.05, 0) is 29.3 Å². The third kappa shape index (κ3) is 5.01. The standard InChI is InChI=1S/C22H29N3O4S/c26-30(27,25-11-15-29-16-12-25)21-7-5-19(6-8-21)17-23-18-20-3-1-2-4-22(20)24-9-13-28-14-10-24/h1-8,23H,9-18H2. The molecule has 162 valence electrons. The molecular formula is C22H29N3O4S. The lowest BCUT2D eigenvalue weighted by Crippen LogP contribution is -2.40. The summed E-state index contributed by atoms with van der Waals surface area (Å²) in [6.45, 7) is 6.51. The fraction of sp³-hybridized carbons (Fsp3) is 0.455. The highest BCUT2D eigenvalue weighted by molar-refractivity contribution is 7.89. The van der Waals surface area contributed by atoms with Gasteiger partial charge in [-0.15, -0.1) is 0 Å². The van der Waals surface area contributed by atoms with Crippen LogP contribution in [0.1, 0.15) is 11.1 Å². The highest BCUT2D eigenvalue weighted by atomic mass is 32.2. The van der Waals surface area contributed by atoms with Crippen LogP contribution in [0.4, 0.5) is 5.69 Å². The second-order valence-electron chi connectivity index (χ2n) is 7.49. The van der Waals surface area contributed by atoms with E-state index in [1.807, 2.05) is 12.1 Å². The van der Waals surface area contributed by atoms with Gasteiger partial charge in [-0.25, -0.2) is 8.42 Å². The molecule has 0 bridgehead atoms. The van der Waals surface area contributed by atoms with Crippen molar-refractivity contribution in [3.63, 3.8) is 0 Å². The molecule has 0 spiro atoms. The van der Waals surface area contributed by atoms with Crippen LogP contribution in [0.15, 0.2) is 53.4 Å². The van der Waals surface area contributed by atoms with Gasteiger partial charge in [0, 0.05) is 45.0 Å². The van der Waals surface area contributed by atoms with Gasteiger partial charge in [-0.1, -0.05) is 30.3 Å². The monoisotopic (exact) mass is 431 g/mol. The van der Waals surface area contributed by atoms with Gasteiger partial charge in [0.2, 0.25) is 10.0 Å². The molecule has 0 aliphatic carbocycles. The van der Waals surface area contributed by atoms with Gasteiger partial charge >= 0.3 is 0 Å². The number of hydrogen-bond acceptors (Lipinski definition) is 6. The summed E-state index contributed by atoms with van der Waals surface area (Å²) >= 11 is 0. The lowest BCUT2D eigenvalue weighted by Gasteiger charge is -2.30. The maximum Gasteiger partial charge on any atom is 0.243 e. The van der Waals surface area contributed by atoms with Gasteiger partial charge in [-0.3, -0.25) is 0 Å². The van der Waals surface area contributed by atoms with Crippen LogP contribution < -0.4 is 10.2 Å². The van der Waals surface area contributed by atoms with Gasteiger partial charge in [0.15, 0.2) is 0 Å². The Balaban J connectivity index is 1.35. The molecule has 4 rings (SSSR count). The van der Waals surface area contributed by atoms with E-state index in [1.54, 1.807) is 12.1 Å². The first-order chi connectivity index (χ1) is 14.6. The number of anilines is 1. The van der Waals surface area contributed by atoms with Crippen molar-refractivity contribution in [2.75, 3.05) is 57.5 Å². The Morgan fingerprint density at radius 1 is 0.800 bits per heavy atom. The molecule has 0 unspecified atom stereocenters. The number of benzene rings is 2. The molecule has 2 aliphatic heterocycles. The Bertz CT molecular complexity index is 922. The lowest BCUT2D eigenvalue weighted by molar-refractivity contribution is 0.0730. The van der Waals surface area contributed by atoms with Crippen LogP contribution in [-0.2, 0) is 32.6 Å². The van der Waals surface area contributed by atoms with Crippen molar-refractivity contribution in [2.45, 2.75) is 18.0 Å². The Kier molecular flexibility index (Phi) is 7.01. The van der Waals surface area contributed by atoms with Crippen LogP contribution in [0, 0.1) is 0 Å². The molecule has 1 N–H and O–H groups in total. The van der Waals surface area contributed by atoms with Crippen molar-refractivity contribution in [3.05, 3.63) is 59.7 Å². The van der Waals surface area contributed by atoms with Crippen molar-refractivity contribution in [3.8, 4) is 0 Å². The molecule has 7 nitrogen and oxygen atoms in total. The molecule has 2 saturated heterocycles. The van der Waals surface area contributed by atoms with Crippen LogP contribution in [0.25, 0.3) is 0 Å². The van der Waals surface area contributed by atoms with E-state index in [0.717, 1.165) is 38.4 Å². The molecule has 0 amide bonds.